The molecule has 0 amide bonds. The molecule has 0 bridgehead atoms. The highest BCUT2D eigenvalue weighted by Gasteiger charge is 2.38. The molecule has 2 rings (SSSR count). The molecule has 0 fully saturated rings. The van der Waals surface area contributed by atoms with Gasteiger partial charge >= 0.3 is 12.4 Å². The highest BCUT2D eigenvalue weighted by atomic mass is 32.2. The molecule has 3 nitrogen and oxygen atoms in total. The lowest BCUT2D eigenvalue weighted by Gasteiger charge is -2.15. The van der Waals surface area contributed by atoms with E-state index in [9.17, 15) is 34.8 Å². The molecule has 10 heteroatoms. The Morgan fingerprint density at radius 3 is 1.80 bits per heavy atom. The lowest BCUT2D eigenvalue weighted by Crippen LogP contribution is -2.17. The lowest BCUT2D eigenvalue weighted by atomic mass is 10.1. The van der Waals surface area contributed by atoms with E-state index in [0.717, 1.165) is 0 Å². The second-order valence-electron chi connectivity index (χ2n) is 5.22. The van der Waals surface area contributed by atoms with E-state index >= 15 is 0 Å². The molecule has 0 aromatic heterocycles. The summed E-state index contributed by atoms with van der Waals surface area (Å²) in [6.07, 6.45) is -10.3. The van der Waals surface area contributed by atoms with E-state index in [1.807, 2.05) is 4.72 Å². The minimum Gasteiger partial charge on any atom is -0.280 e. The van der Waals surface area contributed by atoms with Crippen LogP contribution < -0.4 is 4.72 Å². The van der Waals surface area contributed by atoms with Crippen molar-refractivity contribution in [3.63, 3.8) is 0 Å². The summed E-state index contributed by atoms with van der Waals surface area (Å²) < 4.78 is 103. The summed E-state index contributed by atoms with van der Waals surface area (Å²) in [5, 5.41) is 0. The first-order valence-corrected chi connectivity index (χ1v) is 8.16. The van der Waals surface area contributed by atoms with Gasteiger partial charge < -0.3 is 0 Å². The number of aryl methyl sites for hydroxylation is 1. The summed E-state index contributed by atoms with van der Waals surface area (Å²) in [6, 6.07) is 6.02. The van der Waals surface area contributed by atoms with Crippen molar-refractivity contribution < 1.29 is 34.8 Å². The number of nitrogens with one attached hydrogen (secondary N) is 1. The van der Waals surface area contributed by atoms with Gasteiger partial charge in [0.05, 0.1) is 16.0 Å². The van der Waals surface area contributed by atoms with E-state index in [-0.39, 0.29) is 23.9 Å². The Morgan fingerprint density at radius 2 is 1.36 bits per heavy atom. The molecule has 0 aliphatic carbocycles. The van der Waals surface area contributed by atoms with E-state index in [2.05, 4.69) is 0 Å². The van der Waals surface area contributed by atoms with Crippen LogP contribution in [0.3, 0.4) is 0 Å². The zero-order valence-corrected chi connectivity index (χ0v) is 13.4. The number of rotatable bonds is 3. The van der Waals surface area contributed by atoms with Crippen LogP contribution in [0.5, 0.6) is 0 Å². The van der Waals surface area contributed by atoms with Crippen LogP contribution in [0.15, 0.2) is 47.4 Å². The average molecular weight is 383 g/mol. The van der Waals surface area contributed by atoms with Crippen molar-refractivity contribution in [3.05, 3.63) is 59.2 Å². The van der Waals surface area contributed by atoms with Crippen molar-refractivity contribution in [2.75, 3.05) is 4.72 Å². The second kappa shape index (κ2) is 6.25. The summed E-state index contributed by atoms with van der Waals surface area (Å²) in [4.78, 5) is -1.13. The highest BCUT2D eigenvalue weighted by molar-refractivity contribution is 7.92. The molecule has 2 aromatic carbocycles. The number of halogens is 6. The molecule has 25 heavy (non-hydrogen) atoms. The van der Waals surface area contributed by atoms with Gasteiger partial charge in [0.25, 0.3) is 10.0 Å². The minimum atomic E-state index is -5.13. The summed E-state index contributed by atoms with van der Waals surface area (Å²) in [6.45, 7) is 1.64. The van der Waals surface area contributed by atoms with Gasteiger partial charge in [0.2, 0.25) is 0 Å². The van der Waals surface area contributed by atoms with Crippen LogP contribution in [0.1, 0.15) is 16.7 Å². The molecule has 0 aliphatic rings. The van der Waals surface area contributed by atoms with Crippen molar-refractivity contribution in [3.8, 4) is 0 Å². The zero-order chi connectivity index (χ0) is 19.0. The molecule has 136 valence electrons. The maximum atomic E-state index is 12.8. The van der Waals surface area contributed by atoms with Crippen molar-refractivity contribution in [2.45, 2.75) is 24.2 Å². The van der Waals surface area contributed by atoms with Crippen LogP contribution in [-0.4, -0.2) is 8.42 Å². The molecule has 0 radical (unpaired) electrons. The highest BCUT2D eigenvalue weighted by Crippen LogP contribution is 2.37. The number of hydrogen-bond donors (Lipinski definition) is 1. The van der Waals surface area contributed by atoms with Crippen molar-refractivity contribution in [1.82, 2.24) is 0 Å². The molecule has 1 N–H and O–H groups in total. The molecular weight excluding hydrogens is 372 g/mol. The Bertz CT molecular complexity index is 855. The molecule has 0 aliphatic heterocycles. The topological polar surface area (TPSA) is 46.2 Å². The molecule has 2 aromatic rings. The zero-order valence-electron chi connectivity index (χ0n) is 12.5. The Balaban J connectivity index is 2.56. The minimum absolute atomic E-state index is 0.0194. The number of benzene rings is 2. The van der Waals surface area contributed by atoms with Gasteiger partial charge in [-0.15, -0.1) is 0 Å². The first-order valence-electron chi connectivity index (χ1n) is 6.68. The van der Waals surface area contributed by atoms with Crippen molar-refractivity contribution in [1.29, 1.82) is 0 Å². The summed E-state index contributed by atoms with van der Waals surface area (Å²) >= 11 is 0. The van der Waals surface area contributed by atoms with E-state index in [4.69, 9.17) is 0 Å². The predicted octanol–water partition coefficient (Wildman–Crippen LogP) is 4.83. The van der Waals surface area contributed by atoms with E-state index in [1.165, 1.54) is 18.2 Å². The average Bonchev–Trinajstić information content (AvgIpc) is 2.44. The normalized spacial score (nSPS) is 12.9. The van der Waals surface area contributed by atoms with Crippen LogP contribution >= 0.6 is 0 Å². The fourth-order valence-corrected chi connectivity index (χ4v) is 3.12. The molecule has 0 saturated carbocycles. The summed E-state index contributed by atoms with van der Waals surface area (Å²) in [7, 11) is -4.65. The predicted molar refractivity (Wildman–Crippen MR) is 78.4 cm³/mol. The van der Waals surface area contributed by atoms with E-state index in [1.54, 1.807) is 13.0 Å². The van der Waals surface area contributed by atoms with Gasteiger partial charge in [0, 0.05) is 5.69 Å². The van der Waals surface area contributed by atoms with Crippen LogP contribution in [0.4, 0.5) is 32.0 Å². The third kappa shape index (κ3) is 4.65. The Morgan fingerprint density at radius 1 is 0.840 bits per heavy atom. The SMILES string of the molecule is Cc1cccc(NS(=O)(=O)c2cc(C(F)(F)F)cc(C(F)(F)F)c2)c1. The fourth-order valence-electron chi connectivity index (χ4n) is 2.00. The van der Waals surface area contributed by atoms with Gasteiger partial charge in [-0.3, -0.25) is 4.72 Å². The van der Waals surface area contributed by atoms with Crippen molar-refractivity contribution in [2.24, 2.45) is 0 Å². The maximum absolute atomic E-state index is 12.8. The molecule has 0 saturated heterocycles. The van der Waals surface area contributed by atoms with Crippen LogP contribution in [0.2, 0.25) is 0 Å². The van der Waals surface area contributed by atoms with E-state index in [0.29, 0.717) is 5.56 Å². The van der Waals surface area contributed by atoms with Crippen LogP contribution in [-0.2, 0) is 22.4 Å². The van der Waals surface area contributed by atoms with Crippen LogP contribution in [0, 0.1) is 6.92 Å². The Hall–Kier alpha value is -2.23. The second-order valence-corrected chi connectivity index (χ2v) is 6.90. The third-order valence-corrected chi connectivity index (χ3v) is 4.50. The first kappa shape index (κ1) is 19.1. The van der Waals surface area contributed by atoms with E-state index < -0.39 is 38.4 Å². The summed E-state index contributed by atoms with van der Waals surface area (Å²) in [5.74, 6) is 0. The Labute approximate surface area is 139 Å². The Kier molecular flexibility index (Phi) is 4.77. The van der Waals surface area contributed by atoms with Gasteiger partial charge in [-0.25, -0.2) is 8.42 Å². The number of alkyl halides is 6. The van der Waals surface area contributed by atoms with Gasteiger partial charge in [-0.2, -0.15) is 26.3 Å². The van der Waals surface area contributed by atoms with Gasteiger partial charge in [-0.1, -0.05) is 12.1 Å². The van der Waals surface area contributed by atoms with Crippen molar-refractivity contribution >= 4 is 15.7 Å². The van der Waals surface area contributed by atoms with Gasteiger partial charge in [0.15, 0.2) is 0 Å². The monoisotopic (exact) mass is 383 g/mol. The molecule has 0 heterocycles. The first-order chi connectivity index (χ1) is 11.3. The van der Waals surface area contributed by atoms with Gasteiger partial charge in [-0.05, 0) is 42.8 Å². The quantitative estimate of drug-likeness (QED) is 0.772. The smallest absolute Gasteiger partial charge is 0.280 e. The standard InChI is InChI=1S/C15H11F6NO2S/c1-9-3-2-4-12(5-9)22-25(23,24)13-7-10(14(16,17)18)6-11(8-13)15(19,20)21/h2-8,22H,1H3. The van der Waals surface area contributed by atoms with Gasteiger partial charge in [0.1, 0.15) is 0 Å². The maximum Gasteiger partial charge on any atom is 0.416 e. The third-order valence-electron chi connectivity index (χ3n) is 3.14. The molecule has 0 atom stereocenters. The largest absolute Gasteiger partial charge is 0.416 e. The number of anilines is 1. The fraction of sp³-hybridized carbons (Fsp3) is 0.200. The lowest BCUT2D eigenvalue weighted by molar-refractivity contribution is -0.143. The van der Waals surface area contributed by atoms with Crippen LogP contribution in [0.25, 0.3) is 0 Å². The molecule has 0 unspecified atom stereocenters. The summed E-state index contributed by atoms with van der Waals surface area (Å²) in [5.41, 5.74) is -2.73. The number of sulfonamides is 1. The molecular formula is C15H11F6NO2S. The number of hydrogen-bond acceptors (Lipinski definition) is 2. The molecule has 0 spiro atoms.